The maximum Gasteiger partial charge on any atom is 0.0574 e. The van der Waals surface area contributed by atoms with E-state index >= 15 is 0 Å². The van der Waals surface area contributed by atoms with E-state index in [1.54, 1.807) is 0 Å². The smallest absolute Gasteiger partial charge is 0.0574 e. The van der Waals surface area contributed by atoms with Crippen molar-refractivity contribution >= 4 is 0 Å². The maximum atomic E-state index is 9.24. The first-order chi connectivity index (χ1) is 3.88. The molecule has 5 unspecified atom stereocenters. The summed E-state index contributed by atoms with van der Waals surface area (Å²) in [6.07, 6.45) is 2.60. The summed E-state index contributed by atoms with van der Waals surface area (Å²) in [6, 6.07) is 0. The molecule has 3 saturated carbocycles. The summed E-state index contributed by atoms with van der Waals surface area (Å²) in [5.74, 6) is 3.83. The topological polar surface area (TPSA) is 20.2 Å². The van der Waals surface area contributed by atoms with E-state index in [-0.39, 0.29) is 6.10 Å². The zero-order valence-corrected chi connectivity index (χ0v) is 4.75. The first-order valence-corrected chi connectivity index (χ1v) is 3.56. The highest BCUT2D eigenvalue weighted by molar-refractivity contribution is 5.17. The summed E-state index contributed by atoms with van der Waals surface area (Å²) in [5.41, 5.74) is 0. The number of hydrogen-bond acceptors (Lipinski definition) is 1. The van der Waals surface area contributed by atoms with Crippen LogP contribution in [-0.2, 0) is 0 Å². The third kappa shape index (κ3) is 0.218. The first-order valence-electron chi connectivity index (χ1n) is 3.56. The molecule has 3 fully saturated rings. The Balaban J connectivity index is 1.98. The van der Waals surface area contributed by atoms with Gasteiger partial charge in [-0.05, 0) is 36.5 Å². The van der Waals surface area contributed by atoms with E-state index in [4.69, 9.17) is 0 Å². The lowest BCUT2D eigenvalue weighted by atomic mass is 9.80. The zero-order valence-electron chi connectivity index (χ0n) is 4.75. The van der Waals surface area contributed by atoms with Crippen molar-refractivity contribution in [1.29, 1.82) is 0 Å². The third-order valence-corrected chi connectivity index (χ3v) is 3.44. The van der Waals surface area contributed by atoms with E-state index in [1.807, 2.05) is 0 Å². The van der Waals surface area contributed by atoms with Crippen LogP contribution in [-0.4, -0.2) is 11.2 Å². The van der Waals surface area contributed by atoms with Crippen LogP contribution in [0.4, 0.5) is 0 Å². The second-order valence-electron chi connectivity index (χ2n) is 3.61. The van der Waals surface area contributed by atoms with Gasteiger partial charge in [-0.15, -0.1) is 0 Å². The number of aliphatic hydroxyl groups excluding tert-OH is 1. The van der Waals surface area contributed by atoms with Crippen molar-refractivity contribution in [3.8, 4) is 0 Å². The van der Waals surface area contributed by atoms with E-state index in [2.05, 4.69) is 0 Å². The molecular weight excluding hydrogens is 100 g/mol. The van der Waals surface area contributed by atoms with Crippen LogP contribution < -0.4 is 0 Å². The van der Waals surface area contributed by atoms with Crippen molar-refractivity contribution in [2.75, 3.05) is 0 Å². The lowest BCUT2D eigenvalue weighted by Crippen LogP contribution is -2.28. The number of rotatable bonds is 0. The minimum atomic E-state index is 0.106. The number of aliphatic hydroxyl groups is 1. The van der Waals surface area contributed by atoms with Gasteiger partial charge in [0.05, 0.1) is 6.10 Å². The Kier molecular flexibility index (Phi) is 0.418. The molecule has 3 rings (SSSR count). The largest absolute Gasteiger partial charge is 0.393 e. The van der Waals surface area contributed by atoms with Crippen LogP contribution in [0.25, 0.3) is 0 Å². The highest BCUT2D eigenvalue weighted by Crippen LogP contribution is 2.72. The standard InChI is InChI=1S/C7H10O/c8-6-2-4-3-1-5(6)7(3)4/h3-8H,1-2H2. The molecule has 0 radical (unpaired) electrons. The van der Waals surface area contributed by atoms with E-state index in [1.165, 1.54) is 6.42 Å². The molecule has 1 N–H and O–H groups in total. The molecule has 1 heteroatoms. The molecule has 0 aromatic carbocycles. The van der Waals surface area contributed by atoms with Gasteiger partial charge < -0.3 is 5.11 Å². The van der Waals surface area contributed by atoms with Crippen LogP contribution in [0.3, 0.4) is 0 Å². The lowest BCUT2D eigenvalue weighted by Gasteiger charge is -2.28. The van der Waals surface area contributed by atoms with Gasteiger partial charge in [0, 0.05) is 0 Å². The van der Waals surface area contributed by atoms with Crippen LogP contribution in [0.2, 0.25) is 0 Å². The van der Waals surface area contributed by atoms with Crippen molar-refractivity contribution in [1.82, 2.24) is 0 Å². The van der Waals surface area contributed by atoms with E-state index < -0.39 is 0 Å². The van der Waals surface area contributed by atoms with Gasteiger partial charge >= 0.3 is 0 Å². The minimum absolute atomic E-state index is 0.106. The van der Waals surface area contributed by atoms with Crippen molar-refractivity contribution in [3.63, 3.8) is 0 Å². The Morgan fingerprint density at radius 3 is 2.00 bits per heavy atom. The second kappa shape index (κ2) is 0.860. The Hall–Kier alpha value is -0.0400. The van der Waals surface area contributed by atoms with E-state index in [0.29, 0.717) is 0 Å². The van der Waals surface area contributed by atoms with Crippen molar-refractivity contribution < 1.29 is 5.11 Å². The van der Waals surface area contributed by atoms with Crippen LogP contribution in [0.1, 0.15) is 12.8 Å². The molecule has 0 heterocycles. The van der Waals surface area contributed by atoms with Crippen molar-refractivity contribution in [3.05, 3.63) is 0 Å². The summed E-state index contributed by atoms with van der Waals surface area (Å²) in [6.45, 7) is 0. The molecule has 0 aromatic rings. The highest BCUT2D eigenvalue weighted by atomic mass is 16.3. The molecule has 44 valence electrons. The van der Waals surface area contributed by atoms with Crippen LogP contribution in [0, 0.1) is 23.7 Å². The predicted molar refractivity (Wildman–Crippen MR) is 29.2 cm³/mol. The molecule has 3 aliphatic carbocycles. The van der Waals surface area contributed by atoms with Gasteiger partial charge in [-0.3, -0.25) is 0 Å². The average molecular weight is 110 g/mol. The van der Waals surface area contributed by atoms with Gasteiger partial charge in [0.15, 0.2) is 0 Å². The summed E-state index contributed by atoms with van der Waals surface area (Å²) in [5, 5.41) is 9.24. The summed E-state index contributed by atoms with van der Waals surface area (Å²) in [7, 11) is 0. The number of fused-ring (bicyclic) bond motifs is 1. The van der Waals surface area contributed by atoms with E-state index in [9.17, 15) is 5.11 Å². The normalized spacial score (nSPS) is 73.9. The third-order valence-electron chi connectivity index (χ3n) is 3.44. The van der Waals surface area contributed by atoms with Crippen LogP contribution in [0.5, 0.6) is 0 Å². The zero-order chi connectivity index (χ0) is 5.30. The maximum absolute atomic E-state index is 9.24. The van der Waals surface area contributed by atoms with Gasteiger partial charge in [0.25, 0.3) is 0 Å². The Morgan fingerprint density at radius 2 is 1.75 bits per heavy atom. The highest BCUT2D eigenvalue weighted by Gasteiger charge is 2.69. The van der Waals surface area contributed by atoms with Crippen LogP contribution in [0.15, 0.2) is 0 Å². The molecule has 1 nitrogen and oxygen atoms in total. The van der Waals surface area contributed by atoms with Gasteiger partial charge in [-0.25, -0.2) is 0 Å². The lowest BCUT2D eigenvalue weighted by molar-refractivity contribution is 0.0539. The molecule has 0 aliphatic heterocycles. The fourth-order valence-corrected chi connectivity index (χ4v) is 2.92. The molecule has 0 spiro atoms. The summed E-state index contributed by atoms with van der Waals surface area (Å²) in [4.78, 5) is 0. The van der Waals surface area contributed by atoms with E-state index in [0.717, 1.165) is 30.1 Å². The predicted octanol–water partition coefficient (Wildman–Crippen LogP) is 0.633. The molecule has 0 aromatic heterocycles. The molecule has 5 atom stereocenters. The molecular formula is C7H10O. The van der Waals surface area contributed by atoms with Gasteiger partial charge in [0.1, 0.15) is 0 Å². The van der Waals surface area contributed by atoms with Crippen molar-refractivity contribution in [2.24, 2.45) is 23.7 Å². The first kappa shape index (κ1) is 3.89. The summed E-state index contributed by atoms with van der Waals surface area (Å²) < 4.78 is 0. The minimum Gasteiger partial charge on any atom is -0.393 e. The van der Waals surface area contributed by atoms with Gasteiger partial charge in [0.2, 0.25) is 0 Å². The number of hydrogen-bond donors (Lipinski definition) is 1. The van der Waals surface area contributed by atoms with Crippen LogP contribution >= 0.6 is 0 Å². The van der Waals surface area contributed by atoms with Gasteiger partial charge in [-0.2, -0.15) is 0 Å². The van der Waals surface area contributed by atoms with Gasteiger partial charge in [-0.1, -0.05) is 0 Å². The quantitative estimate of drug-likeness (QED) is 0.485. The second-order valence-corrected chi connectivity index (χ2v) is 3.61. The summed E-state index contributed by atoms with van der Waals surface area (Å²) >= 11 is 0. The monoisotopic (exact) mass is 110 g/mol. The molecule has 0 saturated heterocycles. The average Bonchev–Trinajstić information content (AvgIpc) is 1.98. The van der Waals surface area contributed by atoms with Crippen molar-refractivity contribution in [2.45, 2.75) is 18.9 Å². The molecule has 3 aliphatic rings. The molecule has 0 bridgehead atoms. The Morgan fingerprint density at radius 1 is 1.00 bits per heavy atom. The fraction of sp³-hybridized carbons (Fsp3) is 1.00. The fourth-order valence-electron chi connectivity index (χ4n) is 2.92. The SMILES string of the molecule is OC1CC2C3CC1C23. The Labute approximate surface area is 48.7 Å². The molecule has 0 amide bonds. The Bertz CT molecular complexity index is 137. The molecule has 8 heavy (non-hydrogen) atoms.